The van der Waals surface area contributed by atoms with Gasteiger partial charge in [0.25, 0.3) is 5.91 Å². The van der Waals surface area contributed by atoms with Crippen molar-refractivity contribution in [1.82, 2.24) is 4.90 Å². The van der Waals surface area contributed by atoms with Crippen molar-refractivity contribution in [2.45, 2.75) is 144 Å². The zero-order valence-corrected chi connectivity index (χ0v) is 42.7. The zero-order chi connectivity index (χ0) is 50.7. The molecule has 0 fully saturated rings. The van der Waals surface area contributed by atoms with Crippen molar-refractivity contribution in [3.63, 3.8) is 0 Å². The van der Waals surface area contributed by atoms with Crippen molar-refractivity contribution in [2.75, 3.05) is 39.5 Å². The number of amides is 1. The average Bonchev–Trinajstić information content (AvgIpc) is 3.20. The molecular formula is C56H73NO11. The van der Waals surface area contributed by atoms with Crippen LogP contribution in [-0.2, 0) is 66.5 Å². The summed E-state index contributed by atoms with van der Waals surface area (Å²) in [6.07, 6.45) is 0.761. The quantitative estimate of drug-likeness (QED) is 0.0969. The summed E-state index contributed by atoms with van der Waals surface area (Å²) in [5.41, 5.74) is 7.85. The lowest BCUT2D eigenvalue weighted by Crippen LogP contribution is -2.34. The normalized spacial score (nSPS) is 13.1. The van der Waals surface area contributed by atoms with Gasteiger partial charge in [0.1, 0.15) is 23.0 Å². The first-order valence-corrected chi connectivity index (χ1v) is 23.6. The Labute approximate surface area is 403 Å². The van der Waals surface area contributed by atoms with Gasteiger partial charge in [-0.1, -0.05) is 132 Å². The molecule has 1 amide bonds. The number of carboxylic acids is 3. The number of hydrogen-bond donors (Lipinski definition) is 3. The lowest BCUT2D eigenvalue weighted by atomic mass is 9.79. The first kappa shape index (κ1) is 52.9. The molecule has 5 rings (SSSR count). The topological polar surface area (TPSA) is 169 Å². The third-order valence-corrected chi connectivity index (χ3v) is 12.4. The molecule has 8 bridgehead atoms. The van der Waals surface area contributed by atoms with E-state index in [0.29, 0.717) is 69.5 Å². The molecule has 4 aromatic rings. The van der Waals surface area contributed by atoms with Crippen molar-refractivity contribution >= 4 is 23.8 Å². The monoisotopic (exact) mass is 936 g/mol. The molecule has 0 unspecified atom stereocenters. The molecule has 0 aliphatic heterocycles. The van der Waals surface area contributed by atoms with E-state index in [1.54, 1.807) is 4.90 Å². The predicted molar refractivity (Wildman–Crippen MR) is 265 cm³/mol. The van der Waals surface area contributed by atoms with E-state index in [0.717, 1.165) is 33.4 Å². The average molecular weight is 936 g/mol. The lowest BCUT2D eigenvalue weighted by molar-refractivity contribution is -0.140. The minimum atomic E-state index is -1.17. The van der Waals surface area contributed by atoms with Crippen LogP contribution < -0.4 is 18.9 Å². The second kappa shape index (κ2) is 20.7. The second-order valence-electron chi connectivity index (χ2n) is 22.1. The number of carbonyl (C=O) groups is 4. The molecule has 1 aliphatic carbocycles. The molecule has 0 spiro atoms. The number of nitrogens with zero attached hydrogens (tertiary/aromatic N) is 1. The number of carboxylic acid groups (broad SMARTS) is 3. The highest BCUT2D eigenvalue weighted by Crippen LogP contribution is 2.44. The van der Waals surface area contributed by atoms with E-state index in [4.69, 9.17) is 18.9 Å². The van der Waals surface area contributed by atoms with Gasteiger partial charge in [0.05, 0.1) is 0 Å². The summed E-state index contributed by atoms with van der Waals surface area (Å²) in [5.74, 6) is -2.09. The summed E-state index contributed by atoms with van der Waals surface area (Å²) in [4.78, 5) is 52.4. The van der Waals surface area contributed by atoms with Gasteiger partial charge in [-0.05, 0) is 102 Å². The lowest BCUT2D eigenvalue weighted by Gasteiger charge is -2.29. The summed E-state index contributed by atoms with van der Waals surface area (Å²) < 4.78 is 25.8. The van der Waals surface area contributed by atoms with E-state index < -0.39 is 43.1 Å². The Morgan fingerprint density at radius 2 is 0.588 bits per heavy atom. The molecule has 368 valence electrons. The molecule has 0 heterocycles. The minimum absolute atomic E-state index is 0.169. The maximum absolute atomic E-state index is 13.8. The van der Waals surface area contributed by atoms with Crippen molar-refractivity contribution < 1.29 is 53.4 Å². The van der Waals surface area contributed by atoms with Crippen LogP contribution in [0.15, 0.2) is 48.5 Å². The fourth-order valence-corrected chi connectivity index (χ4v) is 8.57. The molecular weight excluding hydrogens is 863 g/mol. The first-order chi connectivity index (χ1) is 31.5. The van der Waals surface area contributed by atoms with E-state index in [1.807, 2.05) is 50.2 Å². The van der Waals surface area contributed by atoms with Crippen LogP contribution >= 0.6 is 0 Å². The maximum atomic E-state index is 13.8. The van der Waals surface area contributed by atoms with Crippen LogP contribution in [0, 0.1) is 0 Å². The third kappa shape index (κ3) is 13.1. The molecule has 12 heteroatoms. The van der Waals surface area contributed by atoms with Crippen molar-refractivity contribution in [2.24, 2.45) is 0 Å². The number of likely N-dealkylation sites (N-methyl/N-ethyl adjacent to an activating group) is 1. The third-order valence-electron chi connectivity index (χ3n) is 12.4. The molecule has 1 aliphatic rings. The molecule has 68 heavy (non-hydrogen) atoms. The highest BCUT2D eigenvalue weighted by atomic mass is 16.5. The van der Waals surface area contributed by atoms with Crippen molar-refractivity contribution in [3.8, 4) is 23.0 Å². The van der Waals surface area contributed by atoms with Crippen LogP contribution in [-0.4, -0.2) is 83.6 Å². The van der Waals surface area contributed by atoms with E-state index in [1.165, 1.54) is 0 Å². The Bertz CT molecular complexity index is 2410. The fraction of sp³-hybridized carbons (Fsp3) is 0.500. The highest BCUT2D eigenvalue weighted by molar-refractivity contribution is 5.78. The highest BCUT2D eigenvalue weighted by Gasteiger charge is 2.30. The number of rotatable bonds is 14. The predicted octanol–water partition coefficient (Wildman–Crippen LogP) is 10.2. The molecule has 0 saturated carbocycles. The second-order valence-corrected chi connectivity index (χ2v) is 22.1. The number of ether oxygens (including phenoxy) is 4. The van der Waals surface area contributed by atoms with Gasteiger partial charge in [0.15, 0.2) is 26.4 Å². The summed E-state index contributed by atoms with van der Waals surface area (Å²) in [5, 5.41) is 30.2. The molecule has 4 aromatic carbocycles. The standard InChI is InChI=1S/C56H73NO11/c1-15-57(16-2)45(58)29-65-49-33-17-35-23-42(54(6,7)8)25-37(50(35)66-30-46(59)60)19-39-27-44(56(12,13)14)28-40(52(39)68-32-48(63)64)20-38-26-43(55(9,10)11)24-36(51(38)67-31-47(61)62)18-34(49)22-41(21-33)53(3,4)5/h21-28H,15-20,29-32H2,1-14H3,(H,59,60)(H,61,62)(H,63,64). The summed E-state index contributed by atoms with van der Waals surface area (Å²) >= 11 is 0. The molecule has 3 N–H and O–H groups in total. The Hall–Kier alpha value is -6.04. The molecule has 12 nitrogen and oxygen atoms in total. The Morgan fingerprint density at radius 1 is 0.397 bits per heavy atom. The summed E-state index contributed by atoms with van der Waals surface area (Å²) in [7, 11) is 0. The Morgan fingerprint density at radius 3 is 0.750 bits per heavy atom. The Balaban J connectivity index is 2.05. The number of hydrogen-bond acceptors (Lipinski definition) is 8. The smallest absolute Gasteiger partial charge is 0.341 e. The zero-order valence-electron chi connectivity index (χ0n) is 42.7. The van der Waals surface area contributed by atoms with Gasteiger partial charge in [-0.2, -0.15) is 0 Å². The van der Waals surface area contributed by atoms with Gasteiger partial charge >= 0.3 is 17.9 Å². The molecule has 0 aromatic heterocycles. The van der Waals surface area contributed by atoms with E-state index in [-0.39, 0.29) is 54.4 Å². The van der Waals surface area contributed by atoms with Crippen LogP contribution in [0.2, 0.25) is 0 Å². The molecule has 0 radical (unpaired) electrons. The number of fused-ring (bicyclic) bond motifs is 8. The fourth-order valence-electron chi connectivity index (χ4n) is 8.57. The van der Waals surface area contributed by atoms with Crippen molar-refractivity contribution in [1.29, 1.82) is 0 Å². The van der Waals surface area contributed by atoms with Crippen LogP contribution in [0.25, 0.3) is 0 Å². The Kier molecular flexibility index (Phi) is 16.1. The van der Waals surface area contributed by atoms with Crippen LogP contribution in [0.1, 0.15) is 164 Å². The molecule has 0 saturated heterocycles. The van der Waals surface area contributed by atoms with Gasteiger partial charge in [0, 0.05) is 38.8 Å². The van der Waals surface area contributed by atoms with Crippen LogP contribution in [0.3, 0.4) is 0 Å². The minimum Gasteiger partial charge on any atom is -0.483 e. The van der Waals surface area contributed by atoms with Gasteiger partial charge in [-0.3, -0.25) is 4.79 Å². The van der Waals surface area contributed by atoms with E-state index in [2.05, 4.69) is 95.2 Å². The molecule has 0 atom stereocenters. The van der Waals surface area contributed by atoms with Crippen LogP contribution in [0.4, 0.5) is 0 Å². The van der Waals surface area contributed by atoms with Gasteiger partial charge in [-0.15, -0.1) is 0 Å². The number of carbonyl (C=O) groups excluding carboxylic acids is 1. The summed E-state index contributed by atoms with van der Waals surface area (Å²) in [6.45, 7) is 28.0. The van der Waals surface area contributed by atoms with E-state index >= 15 is 0 Å². The van der Waals surface area contributed by atoms with Crippen molar-refractivity contribution in [3.05, 3.63) is 115 Å². The first-order valence-electron chi connectivity index (χ1n) is 23.6. The maximum Gasteiger partial charge on any atom is 0.341 e. The van der Waals surface area contributed by atoms with Crippen LogP contribution in [0.5, 0.6) is 23.0 Å². The summed E-state index contributed by atoms with van der Waals surface area (Å²) in [6, 6.07) is 16.4. The SMILES string of the molecule is CCN(CC)C(=O)COc1c2cc(C(C)(C)C)cc1Cc1cc(C(C)(C)C)cc(c1OCC(=O)O)Cc1cc(C(C)(C)C)cc(c1OCC(=O)O)Cc1cc(C(C)(C)C)cc(c1OCC(=O)O)C2. The van der Waals surface area contributed by atoms with Gasteiger partial charge in [-0.25, -0.2) is 14.4 Å². The van der Waals surface area contributed by atoms with Gasteiger partial charge < -0.3 is 39.2 Å². The van der Waals surface area contributed by atoms with Gasteiger partial charge in [0.2, 0.25) is 0 Å². The largest absolute Gasteiger partial charge is 0.483 e. The number of aliphatic carboxylic acids is 3. The van der Waals surface area contributed by atoms with E-state index in [9.17, 15) is 34.5 Å². The number of benzene rings is 4.